The summed E-state index contributed by atoms with van der Waals surface area (Å²) in [5.41, 5.74) is 2.73. The van der Waals surface area contributed by atoms with E-state index in [4.69, 9.17) is 9.47 Å². The summed E-state index contributed by atoms with van der Waals surface area (Å²) in [5, 5.41) is 2.51. The zero-order chi connectivity index (χ0) is 20.0. The lowest BCUT2D eigenvalue weighted by atomic mass is 10.1. The molecule has 0 aliphatic carbocycles. The van der Waals surface area contributed by atoms with E-state index in [0.717, 1.165) is 11.1 Å². The van der Waals surface area contributed by atoms with Crippen molar-refractivity contribution < 1.29 is 22.7 Å². The Labute approximate surface area is 159 Å². The van der Waals surface area contributed by atoms with Crippen molar-refractivity contribution >= 4 is 27.5 Å². The molecule has 7 nitrogen and oxygen atoms in total. The highest BCUT2D eigenvalue weighted by Crippen LogP contribution is 2.29. The van der Waals surface area contributed by atoms with E-state index >= 15 is 0 Å². The van der Waals surface area contributed by atoms with Gasteiger partial charge in [-0.15, -0.1) is 0 Å². The molecule has 0 heterocycles. The first kappa shape index (κ1) is 20.6. The summed E-state index contributed by atoms with van der Waals surface area (Å²) >= 11 is 0. The fourth-order valence-corrected chi connectivity index (χ4v) is 3.43. The number of carbonyl (C=O) groups excluding carboxylic acids is 1. The van der Waals surface area contributed by atoms with Crippen LogP contribution in [0.4, 0.5) is 16.2 Å². The van der Waals surface area contributed by atoms with Crippen molar-refractivity contribution in [3.05, 3.63) is 47.5 Å². The van der Waals surface area contributed by atoms with Gasteiger partial charge in [-0.1, -0.05) is 6.07 Å². The molecule has 0 saturated heterocycles. The third kappa shape index (κ3) is 5.37. The molecule has 0 aromatic heterocycles. The molecule has 8 heteroatoms. The van der Waals surface area contributed by atoms with Crippen molar-refractivity contribution in [3.63, 3.8) is 0 Å². The lowest BCUT2D eigenvalue weighted by molar-refractivity contribution is 0.167. The number of hydrogen-bond donors (Lipinski definition) is 2. The number of carbonyl (C=O) groups is 1. The number of nitrogens with one attached hydrogen (secondary N) is 2. The third-order valence-corrected chi connectivity index (χ3v) is 5.21. The van der Waals surface area contributed by atoms with Gasteiger partial charge < -0.3 is 9.47 Å². The van der Waals surface area contributed by atoms with Crippen LogP contribution in [0.15, 0.2) is 41.3 Å². The minimum absolute atomic E-state index is 0.00372. The Morgan fingerprint density at radius 1 is 1.00 bits per heavy atom. The Morgan fingerprint density at radius 2 is 1.74 bits per heavy atom. The molecule has 0 aliphatic heterocycles. The first-order valence-corrected chi connectivity index (χ1v) is 10.1. The number of amides is 1. The standard InChI is InChI=1S/C19H24N2O5S/c1-5-25-18-10-9-16(12-17(18)20-19(22)26-6-2)27(23,24)21-15-8-7-13(3)14(4)11-15/h7-12,21H,5-6H2,1-4H3,(H,20,22). The number of aryl methyl sites for hydroxylation is 2. The predicted octanol–water partition coefficient (Wildman–Crippen LogP) is 4.07. The van der Waals surface area contributed by atoms with E-state index in [1.807, 2.05) is 19.9 Å². The van der Waals surface area contributed by atoms with Crippen LogP contribution < -0.4 is 14.8 Å². The maximum absolute atomic E-state index is 12.7. The van der Waals surface area contributed by atoms with E-state index in [9.17, 15) is 13.2 Å². The SMILES string of the molecule is CCOC(=O)Nc1cc(S(=O)(=O)Nc2ccc(C)c(C)c2)ccc1OCC. The summed E-state index contributed by atoms with van der Waals surface area (Å²) in [6.45, 7) is 7.89. The molecule has 0 atom stereocenters. The third-order valence-electron chi connectivity index (χ3n) is 3.83. The van der Waals surface area contributed by atoms with E-state index in [1.165, 1.54) is 18.2 Å². The van der Waals surface area contributed by atoms with Crippen molar-refractivity contribution in [3.8, 4) is 5.75 Å². The molecule has 2 aromatic carbocycles. The topological polar surface area (TPSA) is 93.7 Å². The van der Waals surface area contributed by atoms with E-state index in [1.54, 1.807) is 26.0 Å². The van der Waals surface area contributed by atoms with Gasteiger partial charge in [0, 0.05) is 5.69 Å². The van der Waals surface area contributed by atoms with E-state index in [2.05, 4.69) is 10.0 Å². The number of hydrogen-bond acceptors (Lipinski definition) is 5. The van der Waals surface area contributed by atoms with Gasteiger partial charge in [0.25, 0.3) is 10.0 Å². The van der Waals surface area contributed by atoms with Crippen LogP contribution in [0.2, 0.25) is 0 Å². The molecule has 27 heavy (non-hydrogen) atoms. The van der Waals surface area contributed by atoms with Crippen molar-refractivity contribution in [1.82, 2.24) is 0 Å². The maximum atomic E-state index is 12.7. The minimum atomic E-state index is -3.84. The van der Waals surface area contributed by atoms with Gasteiger partial charge in [0.1, 0.15) is 5.75 Å². The molecule has 1 amide bonds. The summed E-state index contributed by atoms with van der Waals surface area (Å²) < 4.78 is 38.3. The Morgan fingerprint density at radius 3 is 2.37 bits per heavy atom. The highest BCUT2D eigenvalue weighted by Gasteiger charge is 2.18. The number of ether oxygens (including phenoxy) is 2. The number of sulfonamides is 1. The predicted molar refractivity (Wildman–Crippen MR) is 105 cm³/mol. The number of rotatable bonds is 7. The molecule has 0 unspecified atom stereocenters. The summed E-state index contributed by atoms with van der Waals surface area (Å²) in [4.78, 5) is 11.7. The normalized spacial score (nSPS) is 11.0. The summed E-state index contributed by atoms with van der Waals surface area (Å²) in [6, 6.07) is 9.57. The average molecular weight is 392 g/mol. The second-order valence-electron chi connectivity index (χ2n) is 5.84. The van der Waals surface area contributed by atoms with Gasteiger partial charge in [-0.2, -0.15) is 0 Å². The van der Waals surface area contributed by atoms with Gasteiger partial charge in [0.05, 0.1) is 23.8 Å². The van der Waals surface area contributed by atoms with Gasteiger partial charge in [-0.05, 0) is 69.2 Å². The molecule has 0 fully saturated rings. The Kier molecular flexibility index (Phi) is 6.68. The van der Waals surface area contributed by atoms with Gasteiger partial charge >= 0.3 is 6.09 Å². The van der Waals surface area contributed by atoms with Crippen LogP contribution in [0.5, 0.6) is 5.75 Å². The van der Waals surface area contributed by atoms with Crippen molar-refractivity contribution in [1.29, 1.82) is 0 Å². The molecule has 0 radical (unpaired) electrons. The van der Waals surface area contributed by atoms with E-state index in [-0.39, 0.29) is 17.2 Å². The first-order valence-electron chi connectivity index (χ1n) is 8.57. The zero-order valence-corrected chi connectivity index (χ0v) is 16.6. The van der Waals surface area contributed by atoms with Gasteiger partial charge in [0.15, 0.2) is 0 Å². The average Bonchev–Trinajstić information content (AvgIpc) is 2.60. The minimum Gasteiger partial charge on any atom is -0.492 e. The molecule has 146 valence electrons. The summed E-state index contributed by atoms with van der Waals surface area (Å²) in [7, 11) is -3.84. The fraction of sp³-hybridized carbons (Fsp3) is 0.316. The smallest absolute Gasteiger partial charge is 0.411 e. The molecular weight excluding hydrogens is 368 g/mol. The molecule has 0 spiro atoms. The molecular formula is C19H24N2O5S. The molecule has 2 N–H and O–H groups in total. The monoisotopic (exact) mass is 392 g/mol. The van der Waals surface area contributed by atoms with Crippen molar-refractivity contribution in [2.24, 2.45) is 0 Å². The summed E-state index contributed by atoms with van der Waals surface area (Å²) in [5.74, 6) is 0.357. The number of benzene rings is 2. The van der Waals surface area contributed by atoms with Gasteiger partial charge in [-0.3, -0.25) is 10.0 Å². The van der Waals surface area contributed by atoms with Crippen LogP contribution in [0.25, 0.3) is 0 Å². The molecule has 0 bridgehead atoms. The van der Waals surface area contributed by atoms with Crippen molar-refractivity contribution in [2.45, 2.75) is 32.6 Å². The summed E-state index contributed by atoms with van der Waals surface area (Å²) in [6.07, 6.45) is -0.685. The Hall–Kier alpha value is -2.74. The lowest BCUT2D eigenvalue weighted by Crippen LogP contribution is -2.16. The second kappa shape index (κ2) is 8.77. The van der Waals surface area contributed by atoms with Crippen LogP contribution >= 0.6 is 0 Å². The Bertz CT molecular complexity index is 926. The first-order chi connectivity index (χ1) is 12.8. The molecule has 2 rings (SSSR count). The quantitative estimate of drug-likeness (QED) is 0.741. The fourth-order valence-electron chi connectivity index (χ4n) is 2.35. The highest BCUT2D eigenvalue weighted by molar-refractivity contribution is 7.92. The van der Waals surface area contributed by atoms with Crippen LogP contribution in [-0.2, 0) is 14.8 Å². The van der Waals surface area contributed by atoms with Crippen LogP contribution in [0.3, 0.4) is 0 Å². The van der Waals surface area contributed by atoms with Crippen LogP contribution in [-0.4, -0.2) is 27.7 Å². The van der Waals surface area contributed by atoms with E-state index in [0.29, 0.717) is 18.0 Å². The van der Waals surface area contributed by atoms with Gasteiger partial charge in [-0.25, -0.2) is 13.2 Å². The molecule has 2 aromatic rings. The molecule has 0 saturated carbocycles. The van der Waals surface area contributed by atoms with Crippen LogP contribution in [0, 0.1) is 13.8 Å². The number of anilines is 2. The largest absolute Gasteiger partial charge is 0.492 e. The highest BCUT2D eigenvalue weighted by atomic mass is 32.2. The lowest BCUT2D eigenvalue weighted by Gasteiger charge is -2.14. The molecule has 0 aliphatic rings. The van der Waals surface area contributed by atoms with Gasteiger partial charge in [0.2, 0.25) is 0 Å². The van der Waals surface area contributed by atoms with E-state index < -0.39 is 16.1 Å². The van der Waals surface area contributed by atoms with Crippen molar-refractivity contribution in [2.75, 3.05) is 23.3 Å². The Balaban J connectivity index is 2.34. The maximum Gasteiger partial charge on any atom is 0.411 e. The zero-order valence-electron chi connectivity index (χ0n) is 15.8. The second-order valence-corrected chi connectivity index (χ2v) is 7.52. The van der Waals surface area contributed by atoms with Crippen LogP contribution in [0.1, 0.15) is 25.0 Å².